The van der Waals surface area contributed by atoms with Gasteiger partial charge in [0.15, 0.2) is 5.43 Å². The number of hydrogen-bond donors (Lipinski definition) is 3. The number of carbonyl (C=O) groups excluding carboxylic acids is 1. The monoisotopic (exact) mass is 340 g/mol. The fraction of sp³-hybridized carbons (Fsp3) is 0.412. The summed E-state index contributed by atoms with van der Waals surface area (Å²) < 4.78 is 1.72. The van der Waals surface area contributed by atoms with Crippen LogP contribution in [-0.4, -0.2) is 20.4 Å². The Labute approximate surface area is 144 Å². The van der Waals surface area contributed by atoms with Crippen molar-refractivity contribution >= 4 is 23.4 Å². The predicted octanol–water partition coefficient (Wildman–Crippen LogP) is 1.40. The zero-order valence-electron chi connectivity index (χ0n) is 14.0. The first-order valence-corrected chi connectivity index (χ1v) is 8.42. The van der Waals surface area contributed by atoms with Crippen molar-refractivity contribution in [3.05, 3.63) is 39.9 Å². The first-order valence-electron chi connectivity index (χ1n) is 8.42. The van der Waals surface area contributed by atoms with Gasteiger partial charge in [0.05, 0.1) is 11.1 Å². The summed E-state index contributed by atoms with van der Waals surface area (Å²) in [7, 11) is 1.77. The Kier molecular flexibility index (Phi) is 3.48. The molecular formula is C17H20N6O2. The normalized spacial score (nSPS) is 18.0. The maximum atomic E-state index is 12.9. The molecule has 8 nitrogen and oxygen atoms in total. The van der Waals surface area contributed by atoms with Crippen molar-refractivity contribution in [1.29, 1.82) is 0 Å². The van der Waals surface area contributed by atoms with E-state index in [2.05, 4.69) is 20.6 Å². The summed E-state index contributed by atoms with van der Waals surface area (Å²) in [6.07, 6.45) is 6.15. The van der Waals surface area contributed by atoms with Gasteiger partial charge in [0.2, 0.25) is 0 Å². The molecule has 130 valence electrons. The number of amides is 1. The molecule has 1 fully saturated rings. The van der Waals surface area contributed by atoms with E-state index in [0.29, 0.717) is 28.7 Å². The van der Waals surface area contributed by atoms with Crippen molar-refractivity contribution in [2.75, 3.05) is 11.1 Å². The summed E-state index contributed by atoms with van der Waals surface area (Å²) in [4.78, 5) is 33.4. The van der Waals surface area contributed by atoms with Gasteiger partial charge in [-0.2, -0.15) is 0 Å². The van der Waals surface area contributed by atoms with Crippen LogP contribution < -0.4 is 21.8 Å². The van der Waals surface area contributed by atoms with E-state index in [1.54, 1.807) is 17.7 Å². The van der Waals surface area contributed by atoms with Crippen LogP contribution in [0, 0.1) is 0 Å². The van der Waals surface area contributed by atoms with Crippen LogP contribution in [0.15, 0.2) is 23.3 Å². The number of carbonyl (C=O) groups is 1. The fourth-order valence-electron chi connectivity index (χ4n) is 3.99. The maximum Gasteiger partial charge on any atom is 0.269 e. The van der Waals surface area contributed by atoms with Gasteiger partial charge in [0, 0.05) is 19.2 Å². The van der Waals surface area contributed by atoms with Gasteiger partial charge in [-0.3, -0.25) is 9.59 Å². The summed E-state index contributed by atoms with van der Waals surface area (Å²) in [6, 6.07) is 3.09. The molecule has 0 unspecified atom stereocenters. The molecule has 3 heterocycles. The Balaban J connectivity index is 1.81. The molecule has 1 spiro atoms. The Bertz CT molecular complexity index is 914. The molecule has 0 radical (unpaired) electrons. The van der Waals surface area contributed by atoms with Gasteiger partial charge < -0.3 is 20.9 Å². The van der Waals surface area contributed by atoms with Crippen LogP contribution in [0.25, 0.3) is 0 Å². The van der Waals surface area contributed by atoms with Crippen LogP contribution in [0.4, 0.5) is 17.5 Å². The van der Waals surface area contributed by atoms with Crippen molar-refractivity contribution in [3.63, 3.8) is 0 Å². The first kappa shape index (κ1) is 15.6. The van der Waals surface area contributed by atoms with Crippen LogP contribution in [0.2, 0.25) is 0 Å². The smallest absolute Gasteiger partial charge is 0.269 e. The van der Waals surface area contributed by atoms with Crippen LogP contribution in [0.5, 0.6) is 0 Å². The van der Waals surface area contributed by atoms with E-state index in [1.165, 1.54) is 12.4 Å². The highest BCUT2D eigenvalue weighted by Crippen LogP contribution is 2.41. The molecule has 0 bridgehead atoms. The van der Waals surface area contributed by atoms with Crippen molar-refractivity contribution < 1.29 is 4.79 Å². The quantitative estimate of drug-likeness (QED) is 0.761. The van der Waals surface area contributed by atoms with Crippen molar-refractivity contribution in [2.45, 2.75) is 37.6 Å². The molecule has 0 aromatic carbocycles. The van der Waals surface area contributed by atoms with Gasteiger partial charge in [-0.25, -0.2) is 9.97 Å². The highest BCUT2D eigenvalue weighted by molar-refractivity contribution is 5.99. The third-order valence-corrected chi connectivity index (χ3v) is 5.15. The molecular weight excluding hydrogens is 320 g/mol. The third-order valence-electron chi connectivity index (χ3n) is 5.15. The summed E-state index contributed by atoms with van der Waals surface area (Å²) in [5.41, 5.74) is 6.07. The topological polar surface area (TPSA) is 115 Å². The number of nitrogens with one attached hydrogen (secondary N) is 2. The molecule has 0 saturated heterocycles. The van der Waals surface area contributed by atoms with E-state index >= 15 is 0 Å². The molecule has 1 amide bonds. The second-order valence-corrected chi connectivity index (χ2v) is 6.73. The second-order valence-electron chi connectivity index (χ2n) is 6.73. The molecule has 4 N–H and O–H groups in total. The number of rotatable bonds is 2. The predicted molar refractivity (Wildman–Crippen MR) is 93.6 cm³/mol. The number of nitrogens with two attached hydrogens (primary N) is 1. The zero-order valence-corrected chi connectivity index (χ0v) is 14.0. The average Bonchev–Trinajstić information content (AvgIpc) is 2.85. The fourth-order valence-corrected chi connectivity index (χ4v) is 3.99. The summed E-state index contributed by atoms with van der Waals surface area (Å²) in [6.45, 7) is 0. The summed E-state index contributed by atoms with van der Waals surface area (Å²) in [5.74, 6) is 1.09. The third kappa shape index (κ3) is 2.45. The highest BCUT2D eigenvalue weighted by Gasteiger charge is 2.46. The molecule has 0 atom stereocenters. The van der Waals surface area contributed by atoms with Gasteiger partial charge >= 0.3 is 0 Å². The number of aromatic nitrogens is 3. The lowest BCUT2D eigenvalue weighted by Crippen LogP contribution is -2.43. The number of pyridine rings is 1. The maximum absolute atomic E-state index is 12.9. The van der Waals surface area contributed by atoms with E-state index < -0.39 is 5.54 Å². The lowest BCUT2D eigenvalue weighted by atomic mass is 9.78. The molecule has 8 heteroatoms. The Morgan fingerprint density at radius 2 is 1.96 bits per heavy atom. The van der Waals surface area contributed by atoms with E-state index in [9.17, 15) is 9.59 Å². The number of nitrogen functional groups attached to an aromatic ring is 1. The van der Waals surface area contributed by atoms with Crippen molar-refractivity contribution in [1.82, 2.24) is 19.9 Å². The molecule has 1 aliphatic carbocycles. The molecule has 1 saturated carbocycles. The lowest BCUT2D eigenvalue weighted by Gasteiger charge is -2.33. The van der Waals surface area contributed by atoms with Gasteiger partial charge in [-0.15, -0.1) is 0 Å². The second kappa shape index (κ2) is 5.58. The van der Waals surface area contributed by atoms with E-state index in [4.69, 9.17) is 5.73 Å². The SMILES string of the molecule is Cn1c(Nc2cc(N)ncn2)cc(=O)c2c1C(=O)NC21CCCCC1. The molecule has 2 aromatic heterocycles. The number of hydrogen-bond acceptors (Lipinski definition) is 6. The number of fused-ring (bicyclic) bond motifs is 2. The molecule has 25 heavy (non-hydrogen) atoms. The Morgan fingerprint density at radius 1 is 1.20 bits per heavy atom. The van der Waals surface area contributed by atoms with Crippen LogP contribution in [0.1, 0.15) is 48.2 Å². The van der Waals surface area contributed by atoms with E-state index in [0.717, 1.165) is 32.1 Å². The van der Waals surface area contributed by atoms with Gasteiger partial charge in [0.1, 0.15) is 29.5 Å². The van der Waals surface area contributed by atoms with Gasteiger partial charge in [-0.05, 0) is 12.8 Å². The van der Waals surface area contributed by atoms with Crippen LogP contribution in [-0.2, 0) is 12.6 Å². The van der Waals surface area contributed by atoms with Crippen molar-refractivity contribution in [3.8, 4) is 0 Å². The minimum Gasteiger partial charge on any atom is -0.384 e. The highest BCUT2D eigenvalue weighted by atomic mass is 16.2. The number of nitrogens with zero attached hydrogens (tertiary/aromatic N) is 3. The average molecular weight is 340 g/mol. The minimum absolute atomic E-state index is 0.127. The molecule has 4 rings (SSSR count). The summed E-state index contributed by atoms with van der Waals surface area (Å²) in [5, 5.41) is 6.13. The van der Waals surface area contributed by atoms with Crippen LogP contribution >= 0.6 is 0 Å². The molecule has 2 aliphatic rings. The standard InChI is InChI=1S/C17H20N6O2/c1-23-13(21-12-8-11(18)19-9-20-12)7-10(24)14-15(23)16(25)22-17(14)5-3-2-4-6-17/h7-9H,2-6H2,1H3,(H,22,25)(H3,18,19,20,21). The van der Waals surface area contributed by atoms with E-state index in [-0.39, 0.29) is 11.3 Å². The zero-order chi connectivity index (χ0) is 17.6. The lowest BCUT2D eigenvalue weighted by molar-refractivity contribution is 0.0903. The largest absolute Gasteiger partial charge is 0.384 e. The van der Waals surface area contributed by atoms with Crippen LogP contribution in [0.3, 0.4) is 0 Å². The van der Waals surface area contributed by atoms with Gasteiger partial charge in [-0.1, -0.05) is 19.3 Å². The minimum atomic E-state index is -0.503. The molecule has 1 aliphatic heterocycles. The van der Waals surface area contributed by atoms with Crippen molar-refractivity contribution in [2.24, 2.45) is 7.05 Å². The van der Waals surface area contributed by atoms with Gasteiger partial charge in [0.25, 0.3) is 5.91 Å². The number of anilines is 3. The first-order chi connectivity index (χ1) is 12.0. The van der Waals surface area contributed by atoms with E-state index in [1.807, 2.05) is 0 Å². The molecule has 2 aromatic rings. The Morgan fingerprint density at radius 3 is 2.68 bits per heavy atom. The summed E-state index contributed by atoms with van der Waals surface area (Å²) >= 11 is 0. The Hall–Kier alpha value is -2.90.